The summed E-state index contributed by atoms with van der Waals surface area (Å²) >= 11 is 0. The van der Waals surface area contributed by atoms with E-state index in [-0.39, 0.29) is 5.60 Å². The smallest absolute Gasteiger partial charge is 0.129 e. The largest absolute Gasteiger partial charge is 0.390 e. The van der Waals surface area contributed by atoms with Crippen LogP contribution in [0.2, 0.25) is 0 Å². The van der Waals surface area contributed by atoms with Gasteiger partial charge in [0.05, 0.1) is 5.71 Å². The fourth-order valence-electron chi connectivity index (χ4n) is 1.27. The van der Waals surface area contributed by atoms with Gasteiger partial charge < -0.3 is 4.84 Å². The van der Waals surface area contributed by atoms with Gasteiger partial charge in [0, 0.05) is 0 Å². The maximum atomic E-state index is 5.41. The van der Waals surface area contributed by atoms with Gasteiger partial charge >= 0.3 is 0 Å². The van der Waals surface area contributed by atoms with E-state index < -0.39 is 0 Å². The molecule has 1 aromatic carbocycles. The van der Waals surface area contributed by atoms with Crippen molar-refractivity contribution >= 4 is 5.71 Å². The summed E-state index contributed by atoms with van der Waals surface area (Å²) in [5.41, 5.74) is 3.14. The van der Waals surface area contributed by atoms with Gasteiger partial charge in [0.2, 0.25) is 0 Å². The molecule has 0 aliphatic carbocycles. The Morgan fingerprint density at radius 2 is 2.00 bits per heavy atom. The standard InChI is InChI=1S/C14H21NO/c1-6-12-8-7-9-13(10-12)11(2)15-16-14(3,4)5/h7-10H,6H2,1-5H3. The molecule has 0 aliphatic rings. The summed E-state index contributed by atoms with van der Waals surface area (Å²) in [5.74, 6) is 0. The quantitative estimate of drug-likeness (QED) is 0.560. The molecule has 0 aromatic heterocycles. The number of oxime groups is 1. The number of benzene rings is 1. The molecular weight excluding hydrogens is 198 g/mol. The normalized spacial score (nSPS) is 12.7. The van der Waals surface area contributed by atoms with Crippen LogP contribution in [0.3, 0.4) is 0 Å². The number of aryl methyl sites for hydroxylation is 1. The van der Waals surface area contributed by atoms with Crippen LogP contribution < -0.4 is 0 Å². The molecule has 0 atom stereocenters. The average molecular weight is 219 g/mol. The van der Waals surface area contributed by atoms with Crippen LogP contribution in [0.25, 0.3) is 0 Å². The Hall–Kier alpha value is -1.31. The molecule has 0 fully saturated rings. The molecule has 2 heteroatoms. The highest BCUT2D eigenvalue weighted by molar-refractivity contribution is 5.98. The Morgan fingerprint density at radius 3 is 2.56 bits per heavy atom. The minimum absolute atomic E-state index is 0.233. The fourth-order valence-corrected chi connectivity index (χ4v) is 1.27. The van der Waals surface area contributed by atoms with E-state index in [1.54, 1.807) is 0 Å². The predicted molar refractivity (Wildman–Crippen MR) is 68.9 cm³/mol. The molecule has 0 saturated carbocycles. The summed E-state index contributed by atoms with van der Waals surface area (Å²) < 4.78 is 0. The number of rotatable bonds is 3. The molecule has 0 N–H and O–H groups in total. The van der Waals surface area contributed by atoms with E-state index in [4.69, 9.17) is 4.84 Å². The Kier molecular flexibility index (Phi) is 4.11. The van der Waals surface area contributed by atoms with E-state index in [9.17, 15) is 0 Å². The minimum atomic E-state index is -0.233. The first-order valence-corrected chi connectivity index (χ1v) is 5.74. The van der Waals surface area contributed by atoms with Gasteiger partial charge in [-0.25, -0.2) is 0 Å². The first-order valence-electron chi connectivity index (χ1n) is 5.74. The lowest BCUT2D eigenvalue weighted by atomic mass is 10.1. The molecule has 0 heterocycles. The van der Waals surface area contributed by atoms with Crippen molar-refractivity contribution in [1.82, 2.24) is 0 Å². The highest BCUT2D eigenvalue weighted by Gasteiger charge is 2.10. The molecule has 0 spiro atoms. The second-order valence-corrected chi connectivity index (χ2v) is 4.93. The van der Waals surface area contributed by atoms with Gasteiger partial charge in [0.25, 0.3) is 0 Å². The molecule has 2 nitrogen and oxygen atoms in total. The van der Waals surface area contributed by atoms with Crippen LogP contribution in [-0.4, -0.2) is 11.3 Å². The molecule has 0 bridgehead atoms. The molecular formula is C14H21NO. The van der Waals surface area contributed by atoms with E-state index in [0.29, 0.717) is 0 Å². The maximum absolute atomic E-state index is 5.41. The van der Waals surface area contributed by atoms with Crippen LogP contribution in [0.4, 0.5) is 0 Å². The van der Waals surface area contributed by atoms with Crippen LogP contribution >= 0.6 is 0 Å². The van der Waals surface area contributed by atoms with Gasteiger partial charge in [-0.15, -0.1) is 0 Å². The lowest BCUT2D eigenvalue weighted by Crippen LogP contribution is -2.16. The molecule has 88 valence electrons. The van der Waals surface area contributed by atoms with Crippen molar-refractivity contribution < 1.29 is 4.84 Å². The zero-order valence-electron chi connectivity index (χ0n) is 10.9. The van der Waals surface area contributed by atoms with Gasteiger partial charge in [-0.1, -0.05) is 30.3 Å². The molecule has 0 unspecified atom stereocenters. The Labute approximate surface area is 98.3 Å². The molecule has 0 aliphatic heterocycles. The third kappa shape index (κ3) is 4.05. The van der Waals surface area contributed by atoms with Crippen molar-refractivity contribution in [3.63, 3.8) is 0 Å². The highest BCUT2D eigenvalue weighted by atomic mass is 16.6. The molecule has 1 rings (SSSR count). The molecule has 0 radical (unpaired) electrons. The first-order chi connectivity index (χ1) is 7.42. The summed E-state index contributed by atoms with van der Waals surface area (Å²) in [6.07, 6.45) is 1.04. The molecule has 1 aromatic rings. The molecule has 0 amide bonds. The summed E-state index contributed by atoms with van der Waals surface area (Å²) in [7, 11) is 0. The molecule has 0 saturated heterocycles. The van der Waals surface area contributed by atoms with Gasteiger partial charge in [0.15, 0.2) is 0 Å². The monoisotopic (exact) mass is 219 g/mol. The van der Waals surface area contributed by atoms with Crippen molar-refractivity contribution in [2.45, 2.75) is 46.6 Å². The van der Waals surface area contributed by atoms with Gasteiger partial charge in [0.1, 0.15) is 5.60 Å². The molecule has 16 heavy (non-hydrogen) atoms. The van der Waals surface area contributed by atoms with Crippen LogP contribution in [0, 0.1) is 0 Å². The topological polar surface area (TPSA) is 21.6 Å². The van der Waals surface area contributed by atoms with Gasteiger partial charge in [-0.3, -0.25) is 0 Å². The number of hydrogen-bond acceptors (Lipinski definition) is 2. The van der Waals surface area contributed by atoms with E-state index in [2.05, 4.69) is 36.3 Å². The fraction of sp³-hybridized carbons (Fsp3) is 0.500. The summed E-state index contributed by atoms with van der Waals surface area (Å²) in [5, 5.41) is 4.16. The summed E-state index contributed by atoms with van der Waals surface area (Å²) in [4.78, 5) is 5.41. The minimum Gasteiger partial charge on any atom is -0.390 e. The second-order valence-electron chi connectivity index (χ2n) is 4.93. The Morgan fingerprint density at radius 1 is 1.31 bits per heavy atom. The zero-order chi connectivity index (χ0) is 12.2. The Bertz CT molecular complexity index is 375. The van der Waals surface area contributed by atoms with Crippen LogP contribution in [0.5, 0.6) is 0 Å². The van der Waals surface area contributed by atoms with Gasteiger partial charge in [-0.05, 0) is 51.3 Å². The second kappa shape index (κ2) is 5.15. The first kappa shape index (κ1) is 12.8. The zero-order valence-corrected chi connectivity index (χ0v) is 10.9. The summed E-state index contributed by atoms with van der Waals surface area (Å²) in [6.45, 7) is 10.1. The number of nitrogens with zero attached hydrogens (tertiary/aromatic N) is 1. The Balaban J connectivity index is 2.83. The van der Waals surface area contributed by atoms with Crippen molar-refractivity contribution in [2.75, 3.05) is 0 Å². The summed E-state index contributed by atoms with van der Waals surface area (Å²) in [6, 6.07) is 8.40. The number of hydrogen-bond donors (Lipinski definition) is 0. The third-order valence-electron chi connectivity index (χ3n) is 2.21. The van der Waals surface area contributed by atoms with Crippen molar-refractivity contribution in [1.29, 1.82) is 0 Å². The van der Waals surface area contributed by atoms with E-state index in [1.165, 1.54) is 5.56 Å². The van der Waals surface area contributed by atoms with E-state index in [0.717, 1.165) is 17.7 Å². The van der Waals surface area contributed by atoms with E-state index in [1.807, 2.05) is 27.7 Å². The lowest BCUT2D eigenvalue weighted by Gasteiger charge is -2.16. The SMILES string of the molecule is CCc1cccc(C(C)=NOC(C)(C)C)c1. The van der Waals surface area contributed by atoms with Crippen molar-refractivity contribution in [2.24, 2.45) is 5.16 Å². The van der Waals surface area contributed by atoms with Gasteiger partial charge in [-0.2, -0.15) is 0 Å². The van der Waals surface area contributed by atoms with Crippen LogP contribution in [0.1, 0.15) is 45.7 Å². The van der Waals surface area contributed by atoms with Crippen LogP contribution in [-0.2, 0) is 11.3 Å². The predicted octanol–water partition coefficient (Wildman–Crippen LogP) is 3.79. The lowest BCUT2D eigenvalue weighted by molar-refractivity contribution is 0.000956. The maximum Gasteiger partial charge on any atom is 0.129 e. The van der Waals surface area contributed by atoms with Crippen LogP contribution in [0.15, 0.2) is 29.4 Å². The highest BCUT2D eigenvalue weighted by Crippen LogP contribution is 2.11. The third-order valence-corrected chi connectivity index (χ3v) is 2.21. The van der Waals surface area contributed by atoms with Crippen molar-refractivity contribution in [3.05, 3.63) is 35.4 Å². The van der Waals surface area contributed by atoms with Crippen molar-refractivity contribution in [3.8, 4) is 0 Å². The van der Waals surface area contributed by atoms with E-state index >= 15 is 0 Å². The average Bonchev–Trinajstić information content (AvgIpc) is 2.25.